The van der Waals surface area contributed by atoms with Crippen molar-refractivity contribution < 1.29 is 16.8 Å². The van der Waals surface area contributed by atoms with Gasteiger partial charge in [-0.15, -0.1) is 0 Å². The smallest absolute Gasteiger partial charge is 0.181 e. The molecule has 0 unspecified atom stereocenters. The van der Waals surface area contributed by atoms with Gasteiger partial charge in [-0.1, -0.05) is 15.9 Å². The van der Waals surface area contributed by atoms with Crippen molar-refractivity contribution in [1.82, 2.24) is 0 Å². The highest BCUT2D eigenvalue weighted by atomic mass is 79.9. The standard InChI is InChI=1S/C11H16BrNO4S2/c1-8(2)18(14,15)5-6-19(16,17)11-7-9(12)3-4-10(11)13/h3-4,7-8H,5-6,13H2,1-2H3. The molecule has 8 heteroatoms. The zero-order valence-corrected chi connectivity index (χ0v) is 13.8. The van der Waals surface area contributed by atoms with E-state index in [2.05, 4.69) is 15.9 Å². The van der Waals surface area contributed by atoms with Crippen molar-refractivity contribution in [3.63, 3.8) is 0 Å². The molecular formula is C11H16BrNO4S2. The number of benzene rings is 1. The molecular weight excluding hydrogens is 354 g/mol. The van der Waals surface area contributed by atoms with Crippen molar-refractivity contribution in [3.05, 3.63) is 22.7 Å². The molecule has 1 rings (SSSR count). The zero-order chi connectivity index (χ0) is 14.8. The molecule has 0 heterocycles. The van der Waals surface area contributed by atoms with Crippen LogP contribution in [0.2, 0.25) is 0 Å². The zero-order valence-electron chi connectivity index (χ0n) is 10.6. The summed E-state index contributed by atoms with van der Waals surface area (Å²) in [5.41, 5.74) is 5.74. The van der Waals surface area contributed by atoms with Gasteiger partial charge in [-0.25, -0.2) is 16.8 Å². The summed E-state index contributed by atoms with van der Waals surface area (Å²) in [6.45, 7) is 3.05. The number of nitrogens with two attached hydrogens (primary N) is 1. The summed E-state index contributed by atoms with van der Waals surface area (Å²) >= 11 is 3.16. The predicted molar refractivity (Wildman–Crippen MR) is 79.5 cm³/mol. The van der Waals surface area contributed by atoms with Crippen molar-refractivity contribution in [2.24, 2.45) is 0 Å². The summed E-state index contributed by atoms with van der Waals surface area (Å²) in [6, 6.07) is 4.47. The average molecular weight is 370 g/mol. The SMILES string of the molecule is CC(C)S(=O)(=O)CCS(=O)(=O)c1cc(Br)ccc1N. The van der Waals surface area contributed by atoms with Crippen LogP contribution in [0.15, 0.2) is 27.6 Å². The largest absolute Gasteiger partial charge is 0.398 e. The van der Waals surface area contributed by atoms with Crippen LogP contribution in [-0.2, 0) is 19.7 Å². The third kappa shape index (κ3) is 4.19. The molecule has 0 aliphatic carbocycles. The van der Waals surface area contributed by atoms with Crippen LogP contribution in [0.25, 0.3) is 0 Å². The molecule has 0 amide bonds. The molecule has 1 aromatic carbocycles. The first-order chi connectivity index (χ1) is 8.56. The van der Waals surface area contributed by atoms with E-state index in [1.54, 1.807) is 6.07 Å². The Balaban J connectivity index is 3.04. The van der Waals surface area contributed by atoms with E-state index in [-0.39, 0.29) is 10.6 Å². The number of anilines is 1. The molecule has 19 heavy (non-hydrogen) atoms. The summed E-state index contributed by atoms with van der Waals surface area (Å²) < 4.78 is 48.1. The topological polar surface area (TPSA) is 94.3 Å². The molecule has 0 aliphatic heterocycles. The van der Waals surface area contributed by atoms with Gasteiger partial charge in [-0.2, -0.15) is 0 Å². The Morgan fingerprint density at radius 2 is 1.74 bits per heavy atom. The first kappa shape index (κ1) is 16.5. The fourth-order valence-electron chi connectivity index (χ4n) is 1.35. The van der Waals surface area contributed by atoms with Gasteiger partial charge in [0.15, 0.2) is 19.7 Å². The Hall–Kier alpha value is -0.600. The molecule has 2 N–H and O–H groups in total. The summed E-state index contributed by atoms with van der Waals surface area (Å²) in [5.74, 6) is -0.868. The van der Waals surface area contributed by atoms with Crippen LogP contribution >= 0.6 is 15.9 Å². The fourth-order valence-corrected chi connectivity index (χ4v) is 5.09. The molecule has 5 nitrogen and oxygen atoms in total. The lowest BCUT2D eigenvalue weighted by molar-refractivity contribution is 0.582. The van der Waals surface area contributed by atoms with E-state index in [9.17, 15) is 16.8 Å². The Kier molecular flexibility index (Phi) is 5.02. The van der Waals surface area contributed by atoms with E-state index in [1.807, 2.05) is 0 Å². The second kappa shape index (κ2) is 5.80. The highest BCUT2D eigenvalue weighted by Gasteiger charge is 2.23. The normalized spacial score (nSPS) is 12.8. The van der Waals surface area contributed by atoms with E-state index in [0.29, 0.717) is 4.47 Å². The van der Waals surface area contributed by atoms with Crippen molar-refractivity contribution in [2.75, 3.05) is 17.2 Å². The summed E-state index contributed by atoms with van der Waals surface area (Å²) in [4.78, 5) is -0.0409. The van der Waals surface area contributed by atoms with Gasteiger partial charge in [-0.3, -0.25) is 0 Å². The Morgan fingerprint density at radius 3 is 2.26 bits per heavy atom. The van der Waals surface area contributed by atoms with Gasteiger partial charge in [-0.05, 0) is 32.0 Å². The van der Waals surface area contributed by atoms with Crippen LogP contribution in [0, 0.1) is 0 Å². The first-order valence-corrected chi connectivity index (χ1v) is 9.71. The Labute approximate surface area is 122 Å². The number of rotatable bonds is 5. The lowest BCUT2D eigenvalue weighted by Gasteiger charge is -2.10. The minimum atomic E-state index is -3.71. The highest BCUT2D eigenvalue weighted by Crippen LogP contribution is 2.24. The number of halogens is 1. The monoisotopic (exact) mass is 369 g/mol. The van der Waals surface area contributed by atoms with E-state index in [4.69, 9.17) is 5.73 Å². The molecule has 1 aromatic rings. The number of hydrogen-bond acceptors (Lipinski definition) is 5. The van der Waals surface area contributed by atoms with Crippen LogP contribution in [0.4, 0.5) is 5.69 Å². The number of sulfone groups is 2. The van der Waals surface area contributed by atoms with Crippen molar-refractivity contribution in [2.45, 2.75) is 24.0 Å². The van der Waals surface area contributed by atoms with Crippen molar-refractivity contribution in [3.8, 4) is 0 Å². The van der Waals surface area contributed by atoms with Crippen LogP contribution in [0.1, 0.15) is 13.8 Å². The van der Waals surface area contributed by atoms with Crippen LogP contribution in [0.3, 0.4) is 0 Å². The first-order valence-electron chi connectivity index (χ1n) is 5.55. The van der Waals surface area contributed by atoms with Gasteiger partial charge in [0.05, 0.1) is 27.3 Å². The summed E-state index contributed by atoms with van der Waals surface area (Å²) in [7, 11) is -7.11. The maximum Gasteiger partial charge on any atom is 0.181 e. The number of nitrogen functional groups attached to an aromatic ring is 1. The minimum absolute atomic E-state index is 0.0409. The van der Waals surface area contributed by atoms with Crippen molar-refractivity contribution >= 4 is 41.3 Å². The molecule has 0 fully saturated rings. The van der Waals surface area contributed by atoms with Gasteiger partial charge in [0, 0.05) is 4.47 Å². The maximum absolute atomic E-state index is 12.1. The molecule has 0 aromatic heterocycles. The lowest BCUT2D eigenvalue weighted by Crippen LogP contribution is -2.24. The molecule has 0 atom stereocenters. The van der Waals surface area contributed by atoms with E-state index < -0.39 is 36.4 Å². The van der Waals surface area contributed by atoms with Crippen LogP contribution < -0.4 is 5.73 Å². The molecule has 0 saturated heterocycles. The third-order valence-corrected chi connectivity index (χ3v) is 7.39. The van der Waals surface area contributed by atoms with Gasteiger partial charge >= 0.3 is 0 Å². The Bertz CT molecular complexity index is 666. The third-order valence-electron chi connectivity index (χ3n) is 2.67. The van der Waals surface area contributed by atoms with Gasteiger partial charge < -0.3 is 5.73 Å². The highest BCUT2D eigenvalue weighted by molar-refractivity contribution is 9.10. The second-order valence-corrected chi connectivity index (χ2v) is 10.1. The molecule has 0 radical (unpaired) electrons. The van der Waals surface area contributed by atoms with Gasteiger partial charge in [0.25, 0.3) is 0 Å². The molecule has 0 spiro atoms. The minimum Gasteiger partial charge on any atom is -0.398 e. The maximum atomic E-state index is 12.1. The van der Waals surface area contributed by atoms with E-state index in [1.165, 1.54) is 26.0 Å². The molecule has 108 valence electrons. The fraction of sp³-hybridized carbons (Fsp3) is 0.455. The Morgan fingerprint density at radius 1 is 1.16 bits per heavy atom. The van der Waals surface area contributed by atoms with Gasteiger partial charge in [0.1, 0.15) is 0 Å². The lowest BCUT2D eigenvalue weighted by atomic mass is 10.3. The molecule has 0 bridgehead atoms. The predicted octanol–water partition coefficient (Wildman–Crippen LogP) is 1.63. The van der Waals surface area contributed by atoms with Crippen molar-refractivity contribution in [1.29, 1.82) is 0 Å². The molecule has 0 saturated carbocycles. The van der Waals surface area contributed by atoms with Gasteiger partial charge in [0.2, 0.25) is 0 Å². The van der Waals surface area contributed by atoms with Crippen LogP contribution in [0.5, 0.6) is 0 Å². The summed E-state index contributed by atoms with van der Waals surface area (Å²) in [5, 5.41) is -0.595. The summed E-state index contributed by atoms with van der Waals surface area (Å²) in [6.07, 6.45) is 0. The van der Waals surface area contributed by atoms with E-state index >= 15 is 0 Å². The second-order valence-electron chi connectivity index (χ2n) is 4.42. The average Bonchev–Trinajstić information content (AvgIpc) is 2.30. The quantitative estimate of drug-likeness (QED) is 0.795. The number of hydrogen-bond donors (Lipinski definition) is 1. The molecule has 0 aliphatic rings. The van der Waals surface area contributed by atoms with Crippen LogP contribution in [-0.4, -0.2) is 33.6 Å². The van der Waals surface area contributed by atoms with E-state index in [0.717, 1.165) is 0 Å².